The van der Waals surface area contributed by atoms with E-state index in [0.717, 1.165) is 5.56 Å². The molecule has 0 saturated carbocycles. The van der Waals surface area contributed by atoms with Crippen molar-refractivity contribution in [1.82, 2.24) is 4.90 Å². The van der Waals surface area contributed by atoms with Gasteiger partial charge in [-0.1, -0.05) is 12.1 Å². The molecule has 0 aliphatic rings. The van der Waals surface area contributed by atoms with Crippen molar-refractivity contribution >= 4 is 11.6 Å². The van der Waals surface area contributed by atoms with Gasteiger partial charge in [0.05, 0.1) is 0 Å². The maximum atomic E-state index is 12.0. The molecule has 0 aliphatic carbocycles. The van der Waals surface area contributed by atoms with Gasteiger partial charge in [-0.15, -0.1) is 0 Å². The maximum absolute atomic E-state index is 12.0. The van der Waals surface area contributed by atoms with Gasteiger partial charge in [0, 0.05) is 18.3 Å². The number of nitrogen functional groups attached to an aromatic ring is 1. The maximum Gasteiger partial charge on any atom is 0.411 e. The molecule has 1 aromatic carbocycles. The molecule has 0 atom stereocenters. The van der Waals surface area contributed by atoms with Crippen LogP contribution in [0.5, 0.6) is 0 Å². The predicted octanol–water partition coefficient (Wildman–Crippen LogP) is 2.58. The van der Waals surface area contributed by atoms with Crippen LogP contribution in [0.2, 0.25) is 0 Å². The SMILES string of the molecule is CC(C)N(Cc1ccc(N)cc1)C(=O)COCC(F)(F)F. The standard InChI is InChI=1S/C14H19F3N2O2/c1-10(2)19(7-11-3-5-12(18)6-4-11)13(20)8-21-9-14(15,16)17/h3-6,10H,7-9,18H2,1-2H3. The number of nitrogens with two attached hydrogens (primary N) is 1. The van der Waals surface area contributed by atoms with Gasteiger partial charge in [0.25, 0.3) is 0 Å². The topological polar surface area (TPSA) is 55.6 Å². The zero-order chi connectivity index (χ0) is 16.0. The van der Waals surface area contributed by atoms with Crippen LogP contribution >= 0.6 is 0 Å². The molecule has 0 spiro atoms. The van der Waals surface area contributed by atoms with Crippen LogP contribution in [0.3, 0.4) is 0 Å². The molecular formula is C14H19F3N2O2. The molecule has 0 aromatic heterocycles. The second kappa shape index (κ2) is 7.31. The van der Waals surface area contributed by atoms with Gasteiger partial charge in [-0.25, -0.2) is 0 Å². The van der Waals surface area contributed by atoms with Gasteiger partial charge in [0.15, 0.2) is 0 Å². The van der Waals surface area contributed by atoms with Gasteiger partial charge in [0.1, 0.15) is 13.2 Å². The Kier molecular flexibility index (Phi) is 6.02. The van der Waals surface area contributed by atoms with Crippen LogP contribution in [0.25, 0.3) is 0 Å². The molecule has 0 bridgehead atoms. The minimum atomic E-state index is -4.43. The molecule has 2 N–H and O–H groups in total. The molecule has 0 saturated heterocycles. The summed E-state index contributed by atoms with van der Waals surface area (Å²) in [5.74, 6) is -0.480. The van der Waals surface area contributed by atoms with Gasteiger partial charge >= 0.3 is 6.18 Å². The summed E-state index contributed by atoms with van der Waals surface area (Å²) in [4.78, 5) is 13.4. The minimum Gasteiger partial charge on any atom is -0.399 e. The molecule has 21 heavy (non-hydrogen) atoms. The number of hydrogen-bond donors (Lipinski definition) is 1. The molecule has 0 fully saturated rings. The van der Waals surface area contributed by atoms with E-state index in [0.29, 0.717) is 12.2 Å². The van der Waals surface area contributed by atoms with E-state index in [1.54, 1.807) is 38.1 Å². The third-order valence-corrected chi connectivity index (χ3v) is 2.77. The molecule has 1 rings (SSSR count). The van der Waals surface area contributed by atoms with E-state index in [1.807, 2.05) is 0 Å². The quantitative estimate of drug-likeness (QED) is 0.822. The van der Waals surface area contributed by atoms with E-state index in [9.17, 15) is 18.0 Å². The lowest BCUT2D eigenvalue weighted by Gasteiger charge is -2.27. The van der Waals surface area contributed by atoms with Crippen molar-refractivity contribution in [2.75, 3.05) is 18.9 Å². The zero-order valence-electron chi connectivity index (χ0n) is 12.0. The smallest absolute Gasteiger partial charge is 0.399 e. The lowest BCUT2D eigenvalue weighted by molar-refractivity contribution is -0.178. The average molecular weight is 304 g/mol. The van der Waals surface area contributed by atoms with Crippen molar-refractivity contribution in [2.24, 2.45) is 0 Å². The van der Waals surface area contributed by atoms with Gasteiger partial charge in [-0.05, 0) is 31.5 Å². The number of anilines is 1. The summed E-state index contributed by atoms with van der Waals surface area (Å²) >= 11 is 0. The number of carbonyl (C=O) groups excluding carboxylic acids is 1. The molecular weight excluding hydrogens is 285 g/mol. The highest BCUT2D eigenvalue weighted by molar-refractivity contribution is 5.77. The number of amides is 1. The summed E-state index contributed by atoms with van der Waals surface area (Å²) in [5.41, 5.74) is 7.03. The summed E-state index contributed by atoms with van der Waals surface area (Å²) in [6, 6.07) is 6.81. The number of alkyl halides is 3. The largest absolute Gasteiger partial charge is 0.411 e. The molecule has 1 amide bonds. The lowest BCUT2D eigenvalue weighted by Crippen LogP contribution is -2.39. The first kappa shape index (κ1) is 17.3. The fourth-order valence-corrected chi connectivity index (χ4v) is 1.72. The Bertz CT molecular complexity index is 458. The van der Waals surface area contributed by atoms with E-state index >= 15 is 0 Å². The molecule has 4 nitrogen and oxygen atoms in total. The summed E-state index contributed by atoms with van der Waals surface area (Å²) in [6.07, 6.45) is -4.43. The predicted molar refractivity (Wildman–Crippen MR) is 73.4 cm³/mol. The van der Waals surface area contributed by atoms with Crippen LogP contribution in [-0.4, -0.2) is 36.2 Å². The Hall–Kier alpha value is -1.76. The van der Waals surface area contributed by atoms with E-state index in [-0.39, 0.29) is 6.04 Å². The highest BCUT2D eigenvalue weighted by atomic mass is 19.4. The molecule has 1 aromatic rings. The number of halogens is 3. The summed E-state index contributed by atoms with van der Waals surface area (Å²) in [7, 11) is 0. The third-order valence-electron chi connectivity index (χ3n) is 2.77. The van der Waals surface area contributed by atoms with Crippen molar-refractivity contribution < 1.29 is 22.7 Å². The molecule has 0 unspecified atom stereocenters. The van der Waals surface area contributed by atoms with E-state index in [2.05, 4.69) is 4.74 Å². The number of benzene rings is 1. The highest BCUT2D eigenvalue weighted by Crippen LogP contribution is 2.15. The van der Waals surface area contributed by atoms with Crippen molar-refractivity contribution in [1.29, 1.82) is 0 Å². The van der Waals surface area contributed by atoms with Crippen LogP contribution in [0.15, 0.2) is 24.3 Å². The third kappa shape index (κ3) is 6.48. The van der Waals surface area contributed by atoms with Crippen molar-refractivity contribution in [3.63, 3.8) is 0 Å². The first-order valence-electron chi connectivity index (χ1n) is 6.47. The lowest BCUT2D eigenvalue weighted by atomic mass is 10.1. The molecule has 118 valence electrons. The molecule has 0 radical (unpaired) electrons. The van der Waals surface area contributed by atoms with E-state index in [4.69, 9.17) is 5.73 Å². The van der Waals surface area contributed by atoms with Crippen molar-refractivity contribution in [2.45, 2.75) is 32.6 Å². The first-order chi connectivity index (χ1) is 9.69. The molecule has 0 aliphatic heterocycles. The van der Waals surface area contributed by atoms with Crippen molar-refractivity contribution in [3.8, 4) is 0 Å². The second-order valence-electron chi connectivity index (χ2n) is 4.96. The van der Waals surface area contributed by atoms with E-state index in [1.165, 1.54) is 4.90 Å². The Balaban J connectivity index is 2.60. The normalized spacial score (nSPS) is 11.7. The second-order valence-corrected chi connectivity index (χ2v) is 4.96. The van der Waals surface area contributed by atoms with Crippen LogP contribution in [0, 0.1) is 0 Å². The number of nitrogens with zero attached hydrogens (tertiary/aromatic N) is 1. The fourth-order valence-electron chi connectivity index (χ4n) is 1.72. The molecule has 7 heteroatoms. The highest BCUT2D eigenvalue weighted by Gasteiger charge is 2.28. The zero-order valence-corrected chi connectivity index (χ0v) is 12.0. The van der Waals surface area contributed by atoms with Gasteiger partial charge < -0.3 is 15.4 Å². The monoisotopic (exact) mass is 304 g/mol. The Morgan fingerprint density at radius 2 is 1.86 bits per heavy atom. The average Bonchev–Trinajstić information content (AvgIpc) is 2.35. The Labute approximate surface area is 121 Å². The van der Waals surface area contributed by atoms with E-state index < -0.39 is 25.3 Å². The van der Waals surface area contributed by atoms with Gasteiger partial charge in [-0.3, -0.25) is 4.79 Å². The van der Waals surface area contributed by atoms with Gasteiger partial charge in [-0.2, -0.15) is 13.2 Å². The van der Waals surface area contributed by atoms with Crippen LogP contribution in [0.4, 0.5) is 18.9 Å². The fraction of sp³-hybridized carbons (Fsp3) is 0.500. The first-order valence-corrected chi connectivity index (χ1v) is 6.47. The number of rotatable bonds is 6. The summed E-state index contributed by atoms with van der Waals surface area (Å²) in [6.45, 7) is 1.86. The van der Waals surface area contributed by atoms with Crippen LogP contribution in [-0.2, 0) is 16.1 Å². The minimum absolute atomic E-state index is 0.149. The number of carbonyl (C=O) groups is 1. The Morgan fingerprint density at radius 1 is 1.29 bits per heavy atom. The number of hydrogen-bond acceptors (Lipinski definition) is 3. The summed E-state index contributed by atoms with van der Waals surface area (Å²) in [5, 5.41) is 0. The summed E-state index contributed by atoms with van der Waals surface area (Å²) < 4.78 is 40.4. The van der Waals surface area contributed by atoms with Gasteiger partial charge in [0.2, 0.25) is 5.91 Å². The molecule has 0 heterocycles. The number of ether oxygens (including phenoxy) is 1. The van der Waals surface area contributed by atoms with Crippen molar-refractivity contribution in [3.05, 3.63) is 29.8 Å². The van der Waals surface area contributed by atoms with Crippen LogP contribution in [0.1, 0.15) is 19.4 Å². The Morgan fingerprint density at radius 3 is 2.33 bits per heavy atom. The van der Waals surface area contributed by atoms with Crippen LogP contribution < -0.4 is 5.73 Å².